The smallest absolute Gasteiger partial charge is 0.156 e. The lowest BCUT2D eigenvalue weighted by atomic mass is 9.84. The SMILES string of the molecule is COc1cccc(OC)c1C1(O)CC2CCC(C1)S2(=O)=O. The Morgan fingerprint density at radius 2 is 1.57 bits per heavy atom. The molecule has 1 aromatic rings. The Bertz CT molecular complexity index is 610. The maximum Gasteiger partial charge on any atom is 0.156 e. The minimum atomic E-state index is -3.09. The fraction of sp³-hybridized carbons (Fsp3) is 0.600. The van der Waals surface area contributed by atoms with Crippen LogP contribution in [0, 0.1) is 0 Å². The van der Waals surface area contributed by atoms with Crippen molar-refractivity contribution in [2.75, 3.05) is 14.2 Å². The minimum absolute atomic E-state index is 0.211. The van der Waals surface area contributed by atoms with Gasteiger partial charge in [0, 0.05) is 0 Å². The van der Waals surface area contributed by atoms with Crippen LogP contribution in [0.25, 0.3) is 0 Å². The second kappa shape index (κ2) is 4.88. The van der Waals surface area contributed by atoms with Gasteiger partial charge in [-0.2, -0.15) is 0 Å². The maximum absolute atomic E-state index is 12.2. The van der Waals surface area contributed by atoms with Gasteiger partial charge in [0.1, 0.15) is 11.5 Å². The van der Waals surface area contributed by atoms with Crippen LogP contribution in [-0.4, -0.2) is 38.2 Å². The van der Waals surface area contributed by atoms with Gasteiger partial charge in [0.2, 0.25) is 0 Å². The molecule has 2 aliphatic rings. The van der Waals surface area contributed by atoms with Crippen LogP contribution in [0.5, 0.6) is 11.5 Å². The van der Waals surface area contributed by atoms with Gasteiger partial charge < -0.3 is 14.6 Å². The highest BCUT2D eigenvalue weighted by atomic mass is 32.2. The van der Waals surface area contributed by atoms with Crippen molar-refractivity contribution in [2.45, 2.75) is 41.8 Å². The molecule has 0 spiro atoms. The van der Waals surface area contributed by atoms with Gasteiger partial charge in [0.25, 0.3) is 0 Å². The topological polar surface area (TPSA) is 72.8 Å². The van der Waals surface area contributed by atoms with Crippen LogP contribution in [-0.2, 0) is 15.4 Å². The first kappa shape index (κ1) is 14.7. The van der Waals surface area contributed by atoms with Gasteiger partial charge in [-0.3, -0.25) is 0 Å². The molecule has 2 unspecified atom stereocenters. The molecular weight excluding hydrogens is 292 g/mol. The summed E-state index contributed by atoms with van der Waals surface area (Å²) in [6.07, 6.45) is 1.69. The van der Waals surface area contributed by atoms with Crippen molar-refractivity contribution in [1.29, 1.82) is 0 Å². The zero-order valence-electron chi connectivity index (χ0n) is 12.2. The van der Waals surface area contributed by atoms with Gasteiger partial charge in [0.05, 0.1) is 35.9 Å². The molecule has 116 valence electrons. The molecule has 2 aliphatic heterocycles. The second-order valence-electron chi connectivity index (χ2n) is 5.89. The number of aliphatic hydroxyl groups is 1. The van der Waals surface area contributed by atoms with Gasteiger partial charge in [-0.05, 0) is 37.8 Å². The highest BCUT2D eigenvalue weighted by Gasteiger charge is 2.54. The van der Waals surface area contributed by atoms with Crippen molar-refractivity contribution in [1.82, 2.24) is 0 Å². The van der Waals surface area contributed by atoms with Gasteiger partial charge in [0.15, 0.2) is 9.84 Å². The second-order valence-corrected chi connectivity index (χ2v) is 8.40. The predicted octanol–water partition coefficient (Wildman–Crippen LogP) is 1.63. The number of rotatable bonds is 3. The van der Waals surface area contributed by atoms with Crippen molar-refractivity contribution in [2.24, 2.45) is 0 Å². The van der Waals surface area contributed by atoms with E-state index in [2.05, 4.69) is 0 Å². The first-order chi connectivity index (χ1) is 9.92. The van der Waals surface area contributed by atoms with E-state index < -0.39 is 25.9 Å². The van der Waals surface area contributed by atoms with Crippen LogP contribution in [0.1, 0.15) is 31.2 Å². The van der Waals surface area contributed by atoms with Crippen molar-refractivity contribution in [3.63, 3.8) is 0 Å². The lowest BCUT2D eigenvalue weighted by molar-refractivity contribution is 0.0129. The van der Waals surface area contributed by atoms with Gasteiger partial charge in [-0.25, -0.2) is 8.42 Å². The number of ether oxygens (including phenoxy) is 2. The van der Waals surface area contributed by atoms with E-state index in [0.29, 0.717) is 29.9 Å². The van der Waals surface area contributed by atoms with E-state index in [4.69, 9.17) is 9.47 Å². The number of benzene rings is 1. The Kier molecular flexibility index (Phi) is 3.41. The van der Waals surface area contributed by atoms with E-state index >= 15 is 0 Å². The molecular formula is C15H20O5S. The highest BCUT2D eigenvalue weighted by molar-refractivity contribution is 7.93. The minimum Gasteiger partial charge on any atom is -0.496 e. The molecule has 2 atom stereocenters. The summed E-state index contributed by atoms with van der Waals surface area (Å²) in [7, 11) is -0.0138. The van der Waals surface area contributed by atoms with Crippen LogP contribution >= 0.6 is 0 Å². The van der Waals surface area contributed by atoms with E-state index in [9.17, 15) is 13.5 Å². The molecule has 0 amide bonds. The summed E-state index contributed by atoms with van der Waals surface area (Å²) in [5, 5.41) is 10.2. The Morgan fingerprint density at radius 3 is 2.00 bits per heavy atom. The fourth-order valence-electron chi connectivity index (χ4n) is 3.76. The molecule has 5 nitrogen and oxygen atoms in total. The molecule has 0 saturated carbocycles. The Morgan fingerprint density at radius 1 is 1.10 bits per heavy atom. The molecule has 0 aromatic heterocycles. The summed E-state index contributed by atoms with van der Waals surface area (Å²) in [5.74, 6) is 1.08. The molecule has 2 heterocycles. The quantitative estimate of drug-likeness (QED) is 0.918. The number of methoxy groups -OCH3 is 2. The first-order valence-corrected chi connectivity index (χ1v) is 8.70. The lowest BCUT2D eigenvalue weighted by Crippen LogP contribution is -2.43. The monoisotopic (exact) mass is 312 g/mol. The third-order valence-electron chi connectivity index (χ3n) is 4.76. The van der Waals surface area contributed by atoms with Crippen LogP contribution in [0.2, 0.25) is 0 Å². The van der Waals surface area contributed by atoms with Crippen molar-refractivity contribution >= 4 is 9.84 Å². The summed E-state index contributed by atoms with van der Waals surface area (Å²) in [6.45, 7) is 0. The summed E-state index contributed by atoms with van der Waals surface area (Å²) in [6, 6.07) is 5.32. The Hall–Kier alpha value is -1.27. The van der Waals surface area contributed by atoms with Crippen molar-refractivity contribution in [3.05, 3.63) is 23.8 Å². The largest absolute Gasteiger partial charge is 0.496 e. The molecule has 21 heavy (non-hydrogen) atoms. The summed E-state index contributed by atoms with van der Waals surface area (Å²) < 4.78 is 35.2. The van der Waals surface area contributed by atoms with E-state index in [1.54, 1.807) is 18.2 Å². The Labute approximate surface area is 124 Å². The summed E-state index contributed by atoms with van der Waals surface area (Å²) in [5.41, 5.74) is -0.642. The van der Waals surface area contributed by atoms with E-state index in [0.717, 1.165) is 0 Å². The number of hydrogen-bond acceptors (Lipinski definition) is 5. The summed E-state index contributed by atoms with van der Waals surface area (Å²) >= 11 is 0. The average molecular weight is 312 g/mol. The lowest BCUT2D eigenvalue weighted by Gasteiger charge is -2.37. The molecule has 1 N–H and O–H groups in total. The molecule has 3 rings (SSSR count). The first-order valence-electron chi connectivity index (χ1n) is 7.09. The fourth-order valence-corrected chi connectivity index (χ4v) is 6.25. The highest BCUT2D eigenvalue weighted by Crippen LogP contribution is 2.51. The molecule has 2 fully saturated rings. The number of fused-ring (bicyclic) bond motifs is 2. The number of sulfone groups is 1. The maximum atomic E-state index is 12.2. The van der Waals surface area contributed by atoms with E-state index in [-0.39, 0.29) is 12.8 Å². The Balaban J connectivity index is 2.09. The zero-order chi connectivity index (χ0) is 15.3. The standard InChI is InChI=1S/C15H20O5S/c1-19-12-4-3-5-13(20-2)14(12)15(16)8-10-6-7-11(9-15)21(10,17)18/h3-5,10-11,16H,6-9H2,1-2H3. The van der Waals surface area contributed by atoms with Crippen molar-refractivity contribution < 1.29 is 23.0 Å². The molecule has 1 aromatic carbocycles. The molecule has 2 bridgehead atoms. The summed E-state index contributed by atoms with van der Waals surface area (Å²) in [4.78, 5) is 0. The van der Waals surface area contributed by atoms with Gasteiger partial charge in [-0.15, -0.1) is 0 Å². The normalized spacial score (nSPS) is 33.7. The van der Waals surface area contributed by atoms with Crippen LogP contribution < -0.4 is 9.47 Å². The molecule has 2 saturated heterocycles. The van der Waals surface area contributed by atoms with Crippen molar-refractivity contribution in [3.8, 4) is 11.5 Å². The van der Waals surface area contributed by atoms with E-state index in [1.807, 2.05) is 0 Å². The van der Waals surface area contributed by atoms with Gasteiger partial charge >= 0.3 is 0 Å². The molecule has 6 heteroatoms. The van der Waals surface area contributed by atoms with Crippen LogP contribution in [0.4, 0.5) is 0 Å². The number of hydrogen-bond donors (Lipinski definition) is 1. The predicted molar refractivity (Wildman–Crippen MR) is 78.4 cm³/mol. The van der Waals surface area contributed by atoms with Crippen LogP contribution in [0.3, 0.4) is 0 Å². The average Bonchev–Trinajstić information content (AvgIpc) is 2.66. The van der Waals surface area contributed by atoms with Gasteiger partial charge in [-0.1, -0.05) is 6.07 Å². The molecule has 0 aliphatic carbocycles. The molecule has 0 radical (unpaired) electrons. The van der Waals surface area contributed by atoms with Crippen LogP contribution in [0.15, 0.2) is 18.2 Å². The third-order valence-corrected chi connectivity index (χ3v) is 7.43. The third kappa shape index (κ3) is 2.12. The van der Waals surface area contributed by atoms with E-state index in [1.165, 1.54) is 14.2 Å². The zero-order valence-corrected chi connectivity index (χ0v) is 13.0.